The van der Waals surface area contributed by atoms with Crippen LogP contribution in [-0.2, 0) is 9.53 Å². The van der Waals surface area contributed by atoms with Gasteiger partial charge in [-0.3, -0.25) is 10.1 Å². The summed E-state index contributed by atoms with van der Waals surface area (Å²) in [6.07, 6.45) is 4.78. The molecule has 0 atom stereocenters. The van der Waals surface area contributed by atoms with Crippen LogP contribution < -0.4 is 10.2 Å². The Labute approximate surface area is 146 Å². The third-order valence-electron chi connectivity index (χ3n) is 4.29. The average Bonchev–Trinajstić information content (AvgIpc) is 2.49. The van der Waals surface area contributed by atoms with Crippen LogP contribution in [0.3, 0.4) is 0 Å². The highest BCUT2D eigenvalue weighted by molar-refractivity contribution is 14.1. The van der Waals surface area contributed by atoms with Crippen molar-refractivity contribution in [1.82, 2.24) is 5.32 Å². The molecule has 5 heteroatoms. The Morgan fingerprint density at radius 1 is 1.27 bits per heavy atom. The molecule has 1 fully saturated rings. The lowest BCUT2D eigenvalue weighted by atomic mass is 9.86. The Balaban J connectivity index is 1.70. The van der Waals surface area contributed by atoms with Gasteiger partial charge in [0.05, 0.1) is 0 Å². The fraction of sp³-hybridized carbons (Fsp3) is 0.588. The van der Waals surface area contributed by atoms with E-state index < -0.39 is 0 Å². The van der Waals surface area contributed by atoms with Crippen LogP contribution in [0.1, 0.15) is 32.6 Å². The standard InChI is InChI=1S/C17H25IN2O2/c1-13(21)22-12-19-16-7-3-14(4-8-16)11-20(2)17-9-5-15(18)6-10-17/h5-6,9-10,14,16,19H,3-4,7-8,11-12H2,1-2H3. The molecule has 0 saturated heterocycles. The fourth-order valence-corrected chi connectivity index (χ4v) is 3.36. The van der Waals surface area contributed by atoms with Crippen molar-refractivity contribution in [1.29, 1.82) is 0 Å². The van der Waals surface area contributed by atoms with Crippen LogP contribution in [0.4, 0.5) is 5.69 Å². The van der Waals surface area contributed by atoms with E-state index >= 15 is 0 Å². The minimum Gasteiger partial charge on any atom is -0.450 e. The van der Waals surface area contributed by atoms with E-state index in [9.17, 15) is 4.79 Å². The highest BCUT2D eigenvalue weighted by atomic mass is 127. The highest BCUT2D eigenvalue weighted by Crippen LogP contribution is 2.26. The highest BCUT2D eigenvalue weighted by Gasteiger charge is 2.22. The summed E-state index contributed by atoms with van der Waals surface area (Å²) in [6, 6.07) is 9.17. The second kappa shape index (κ2) is 8.72. The lowest BCUT2D eigenvalue weighted by Crippen LogP contribution is -2.37. The fourth-order valence-electron chi connectivity index (χ4n) is 3.00. The minimum absolute atomic E-state index is 0.222. The van der Waals surface area contributed by atoms with E-state index in [1.54, 1.807) is 0 Å². The van der Waals surface area contributed by atoms with Crippen LogP contribution in [0.5, 0.6) is 0 Å². The third-order valence-corrected chi connectivity index (χ3v) is 5.01. The molecule has 1 aliphatic rings. The number of hydrogen-bond donors (Lipinski definition) is 1. The summed E-state index contributed by atoms with van der Waals surface area (Å²) in [5.74, 6) is 0.524. The van der Waals surface area contributed by atoms with E-state index in [1.165, 1.54) is 29.0 Å². The van der Waals surface area contributed by atoms with Crippen LogP contribution in [-0.4, -0.2) is 32.3 Å². The Bertz CT molecular complexity index is 470. The normalized spacial score (nSPS) is 21.4. The molecule has 0 amide bonds. The molecule has 1 saturated carbocycles. The second-order valence-electron chi connectivity index (χ2n) is 6.06. The van der Waals surface area contributed by atoms with Crippen LogP contribution >= 0.6 is 22.6 Å². The van der Waals surface area contributed by atoms with Crippen molar-refractivity contribution >= 4 is 34.2 Å². The van der Waals surface area contributed by atoms with E-state index in [2.05, 4.69) is 64.1 Å². The number of benzene rings is 1. The molecule has 122 valence electrons. The quantitative estimate of drug-likeness (QED) is 0.439. The van der Waals surface area contributed by atoms with Crippen LogP contribution in [0.2, 0.25) is 0 Å². The van der Waals surface area contributed by atoms with E-state index in [0.717, 1.165) is 25.3 Å². The SMILES string of the molecule is CC(=O)OCNC1CCC(CN(C)c2ccc(I)cc2)CC1. The molecule has 0 spiro atoms. The number of carbonyl (C=O) groups is 1. The van der Waals surface area contributed by atoms with E-state index in [4.69, 9.17) is 4.74 Å². The zero-order valence-corrected chi connectivity index (χ0v) is 15.5. The number of nitrogens with zero attached hydrogens (tertiary/aromatic N) is 1. The Morgan fingerprint density at radius 3 is 2.50 bits per heavy atom. The second-order valence-corrected chi connectivity index (χ2v) is 7.30. The van der Waals surface area contributed by atoms with Gasteiger partial charge < -0.3 is 9.64 Å². The van der Waals surface area contributed by atoms with Gasteiger partial charge in [0, 0.05) is 35.8 Å². The van der Waals surface area contributed by atoms with Crippen LogP contribution in [0.25, 0.3) is 0 Å². The minimum atomic E-state index is -0.222. The molecule has 1 aromatic carbocycles. The molecule has 0 aliphatic heterocycles. The maximum Gasteiger partial charge on any atom is 0.303 e. The summed E-state index contributed by atoms with van der Waals surface area (Å²) < 4.78 is 6.22. The van der Waals surface area contributed by atoms with E-state index in [0.29, 0.717) is 12.8 Å². The number of carbonyl (C=O) groups excluding carboxylic acids is 1. The van der Waals surface area contributed by atoms with Crippen molar-refractivity contribution in [2.24, 2.45) is 5.92 Å². The smallest absolute Gasteiger partial charge is 0.303 e. The average molecular weight is 416 g/mol. The van der Waals surface area contributed by atoms with Gasteiger partial charge in [-0.05, 0) is 78.5 Å². The van der Waals surface area contributed by atoms with Gasteiger partial charge in [-0.25, -0.2) is 0 Å². The first-order chi connectivity index (χ1) is 10.5. The van der Waals surface area contributed by atoms with Crippen molar-refractivity contribution in [2.45, 2.75) is 38.6 Å². The van der Waals surface area contributed by atoms with Gasteiger partial charge in [-0.2, -0.15) is 0 Å². The molecule has 22 heavy (non-hydrogen) atoms. The first-order valence-corrected chi connectivity index (χ1v) is 8.96. The first kappa shape index (κ1) is 17.5. The summed E-state index contributed by atoms with van der Waals surface area (Å²) in [5.41, 5.74) is 1.29. The number of hydrogen-bond acceptors (Lipinski definition) is 4. The first-order valence-electron chi connectivity index (χ1n) is 7.88. The molecule has 1 N–H and O–H groups in total. The molecular formula is C17H25IN2O2. The Hall–Kier alpha value is -0.820. The topological polar surface area (TPSA) is 41.6 Å². The monoisotopic (exact) mass is 416 g/mol. The zero-order valence-electron chi connectivity index (χ0n) is 13.3. The zero-order chi connectivity index (χ0) is 15.9. The van der Waals surface area contributed by atoms with Gasteiger partial charge in [0.15, 0.2) is 0 Å². The summed E-state index contributed by atoms with van der Waals surface area (Å²) in [7, 11) is 2.17. The summed E-state index contributed by atoms with van der Waals surface area (Å²) in [6.45, 7) is 2.89. The number of anilines is 1. The molecule has 1 aromatic rings. The summed E-state index contributed by atoms with van der Waals surface area (Å²) >= 11 is 2.34. The van der Waals surface area contributed by atoms with Gasteiger partial charge >= 0.3 is 5.97 Å². The molecule has 0 bridgehead atoms. The van der Waals surface area contributed by atoms with Crippen molar-refractivity contribution < 1.29 is 9.53 Å². The number of esters is 1. The predicted octanol–water partition coefficient (Wildman–Crippen LogP) is 3.40. The van der Waals surface area contributed by atoms with Crippen molar-refractivity contribution in [3.63, 3.8) is 0 Å². The van der Waals surface area contributed by atoms with Crippen molar-refractivity contribution in [2.75, 3.05) is 25.2 Å². The predicted molar refractivity (Wildman–Crippen MR) is 97.9 cm³/mol. The molecule has 2 rings (SSSR count). The van der Waals surface area contributed by atoms with Gasteiger partial charge in [0.2, 0.25) is 0 Å². The summed E-state index contributed by atoms with van der Waals surface area (Å²) in [5, 5.41) is 3.31. The molecule has 0 aromatic heterocycles. The molecular weight excluding hydrogens is 391 g/mol. The lowest BCUT2D eigenvalue weighted by molar-refractivity contribution is -0.142. The van der Waals surface area contributed by atoms with Crippen molar-refractivity contribution in [3.8, 4) is 0 Å². The van der Waals surface area contributed by atoms with Gasteiger partial charge in [0.25, 0.3) is 0 Å². The molecule has 0 unspecified atom stereocenters. The molecule has 4 nitrogen and oxygen atoms in total. The van der Waals surface area contributed by atoms with Gasteiger partial charge in [-0.15, -0.1) is 0 Å². The maximum atomic E-state index is 10.7. The van der Waals surface area contributed by atoms with Crippen molar-refractivity contribution in [3.05, 3.63) is 27.8 Å². The number of nitrogens with one attached hydrogen (secondary N) is 1. The molecule has 0 radical (unpaired) electrons. The Morgan fingerprint density at radius 2 is 1.91 bits per heavy atom. The molecule has 1 aliphatic carbocycles. The third kappa shape index (κ3) is 5.76. The van der Waals surface area contributed by atoms with Crippen LogP contribution in [0.15, 0.2) is 24.3 Å². The number of rotatable bonds is 6. The maximum absolute atomic E-state index is 10.7. The van der Waals surface area contributed by atoms with E-state index in [-0.39, 0.29) is 5.97 Å². The number of halogens is 1. The largest absolute Gasteiger partial charge is 0.450 e. The van der Waals surface area contributed by atoms with Gasteiger partial charge in [0.1, 0.15) is 6.73 Å². The number of ether oxygens (including phenoxy) is 1. The Kier molecular flexibility index (Phi) is 6.95. The van der Waals surface area contributed by atoms with E-state index in [1.807, 2.05) is 0 Å². The summed E-state index contributed by atoms with van der Waals surface area (Å²) in [4.78, 5) is 13.1. The van der Waals surface area contributed by atoms with Crippen LogP contribution in [0, 0.1) is 9.49 Å². The van der Waals surface area contributed by atoms with Gasteiger partial charge in [-0.1, -0.05) is 0 Å². The lowest BCUT2D eigenvalue weighted by Gasteiger charge is -2.32. The molecule has 0 heterocycles.